The quantitative estimate of drug-likeness (QED) is 0.296. The van der Waals surface area contributed by atoms with E-state index in [2.05, 4.69) is 12.5 Å². The molecule has 0 aliphatic rings. The summed E-state index contributed by atoms with van der Waals surface area (Å²) in [4.78, 5) is 0. The molecule has 0 radical (unpaired) electrons. The second-order valence-corrected chi connectivity index (χ2v) is 2.80. The Hall–Kier alpha value is -0.700. The molecule has 0 aromatic heterocycles. The summed E-state index contributed by atoms with van der Waals surface area (Å²) in [6.45, 7) is 3.68. The van der Waals surface area contributed by atoms with Gasteiger partial charge in [0, 0.05) is 6.42 Å². The van der Waals surface area contributed by atoms with E-state index in [0.717, 1.165) is 12.8 Å². The minimum absolute atomic E-state index is 0.946. The second-order valence-electron chi connectivity index (χ2n) is 2.80. The van der Waals surface area contributed by atoms with Crippen molar-refractivity contribution in [1.82, 2.24) is 0 Å². The van der Waals surface area contributed by atoms with Gasteiger partial charge in [0.15, 0.2) is 0 Å². The van der Waals surface area contributed by atoms with Crippen molar-refractivity contribution in [2.45, 2.75) is 44.9 Å². The number of terminal acetylenes is 1. The van der Waals surface area contributed by atoms with Gasteiger partial charge in [0.25, 0.3) is 0 Å². The maximum absolute atomic E-state index is 5.13. The summed E-state index contributed by atoms with van der Waals surface area (Å²) < 4.78 is 0. The Labute approximate surface area is 70.7 Å². The van der Waals surface area contributed by atoms with Crippen LogP contribution in [0.3, 0.4) is 0 Å². The fourth-order valence-electron chi connectivity index (χ4n) is 1.05. The highest BCUT2D eigenvalue weighted by atomic mass is 13.9. The zero-order valence-electron chi connectivity index (χ0n) is 7.31. The number of rotatable bonds is 7. The molecule has 0 aromatic carbocycles. The highest BCUT2D eigenvalue weighted by molar-refractivity contribution is 4.82. The largest absolute Gasteiger partial charge is 0.120 e. The van der Waals surface area contributed by atoms with Crippen LogP contribution in [0.25, 0.3) is 0 Å². The van der Waals surface area contributed by atoms with Crippen LogP contribution in [0.15, 0.2) is 12.7 Å². The Morgan fingerprint density at radius 1 is 1.09 bits per heavy atom. The number of allylic oxidation sites excluding steroid dienone is 1. The van der Waals surface area contributed by atoms with E-state index in [1.807, 2.05) is 6.08 Å². The van der Waals surface area contributed by atoms with Crippen LogP contribution in [0.4, 0.5) is 0 Å². The fourth-order valence-corrected chi connectivity index (χ4v) is 1.05. The van der Waals surface area contributed by atoms with E-state index in [4.69, 9.17) is 6.42 Å². The van der Waals surface area contributed by atoms with Gasteiger partial charge in [-0.3, -0.25) is 0 Å². The highest BCUT2D eigenvalue weighted by Gasteiger charge is 1.87. The monoisotopic (exact) mass is 150 g/mol. The summed E-state index contributed by atoms with van der Waals surface area (Å²) >= 11 is 0. The summed E-state index contributed by atoms with van der Waals surface area (Å²) in [6, 6.07) is 0. The molecule has 0 aromatic rings. The van der Waals surface area contributed by atoms with Gasteiger partial charge in [-0.1, -0.05) is 25.3 Å². The first kappa shape index (κ1) is 10.3. The van der Waals surface area contributed by atoms with Crippen molar-refractivity contribution < 1.29 is 0 Å². The number of hydrogen-bond acceptors (Lipinski definition) is 0. The Kier molecular flexibility index (Phi) is 8.71. The Morgan fingerprint density at radius 3 is 2.36 bits per heavy atom. The zero-order chi connectivity index (χ0) is 8.36. The van der Waals surface area contributed by atoms with Crippen molar-refractivity contribution in [3.63, 3.8) is 0 Å². The number of unbranched alkanes of at least 4 members (excludes halogenated alkanes) is 6. The third-order valence-corrected chi connectivity index (χ3v) is 1.73. The molecule has 0 unspecified atom stereocenters. The van der Waals surface area contributed by atoms with Crippen LogP contribution in [0.5, 0.6) is 0 Å². The first-order valence-electron chi connectivity index (χ1n) is 4.46. The zero-order valence-corrected chi connectivity index (χ0v) is 7.31. The fraction of sp³-hybridized carbons (Fsp3) is 0.636. The number of hydrogen-bond donors (Lipinski definition) is 0. The molecule has 0 bridgehead atoms. The van der Waals surface area contributed by atoms with E-state index >= 15 is 0 Å². The van der Waals surface area contributed by atoms with Crippen molar-refractivity contribution >= 4 is 0 Å². The van der Waals surface area contributed by atoms with Crippen LogP contribution in [-0.4, -0.2) is 0 Å². The van der Waals surface area contributed by atoms with Gasteiger partial charge in [-0.05, 0) is 19.3 Å². The van der Waals surface area contributed by atoms with Gasteiger partial charge in [-0.25, -0.2) is 0 Å². The van der Waals surface area contributed by atoms with E-state index in [1.54, 1.807) is 0 Å². The summed E-state index contributed by atoms with van der Waals surface area (Å²) in [7, 11) is 0. The van der Waals surface area contributed by atoms with E-state index in [0.29, 0.717) is 0 Å². The van der Waals surface area contributed by atoms with Crippen molar-refractivity contribution in [2.24, 2.45) is 0 Å². The molecule has 0 spiro atoms. The molecular weight excluding hydrogens is 132 g/mol. The maximum Gasteiger partial charge on any atom is 0.00860 e. The molecule has 0 heteroatoms. The van der Waals surface area contributed by atoms with Crippen molar-refractivity contribution in [3.05, 3.63) is 12.7 Å². The van der Waals surface area contributed by atoms with Gasteiger partial charge in [0.1, 0.15) is 0 Å². The van der Waals surface area contributed by atoms with Gasteiger partial charge in [0.05, 0.1) is 0 Å². The van der Waals surface area contributed by atoms with Gasteiger partial charge in [-0.15, -0.1) is 18.9 Å². The second kappa shape index (κ2) is 9.30. The minimum atomic E-state index is 0.946. The molecule has 0 aliphatic carbocycles. The molecule has 0 aliphatic heterocycles. The van der Waals surface area contributed by atoms with Crippen molar-refractivity contribution in [3.8, 4) is 12.3 Å². The van der Waals surface area contributed by atoms with Crippen molar-refractivity contribution in [2.75, 3.05) is 0 Å². The maximum atomic E-state index is 5.13. The van der Waals surface area contributed by atoms with Crippen LogP contribution in [-0.2, 0) is 0 Å². The summed E-state index contributed by atoms with van der Waals surface area (Å²) in [6.07, 6.45) is 15.7. The molecule has 0 nitrogen and oxygen atoms in total. The lowest BCUT2D eigenvalue weighted by Gasteiger charge is -1.96. The van der Waals surface area contributed by atoms with Gasteiger partial charge in [-0.2, -0.15) is 0 Å². The van der Waals surface area contributed by atoms with Gasteiger partial charge >= 0.3 is 0 Å². The molecule has 0 rings (SSSR count). The minimum Gasteiger partial charge on any atom is -0.120 e. The molecule has 0 atom stereocenters. The molecule has 0 amide bonds. The molecule has 0 fully saturated rings. The van der Waals surface area contributed by atoms with Crippen LogP contribution in [0, 0.1) is 12.3 Å². The summed E-state index contributed by atoms with van der Waals surface area (Å²) in [5.41, 5.74) is 0. The van der Waals surface area contributed by atoms with Crippen LogP contribution in [0.2, 0.25) is 0 Å². The lowest BCUT2D eigenvalue weighted by molar-refractivity contribution is 0.625. The van der Waals surface area contributed by atoms with Gasteiger partial charge in [0.2, 0.25) is 0 Å². The van der Waals surface area contributed by atoms with Crippen molar-refractivity contribution in [1.29, 1.82) is 0 Å². The van der Waals surface area contributed by atoms with Crippen LogP contribution in [0.1, 0.15) is 44.9 Å². The average molecular weight is 150 g/mol. The molecule has 0 N–H and O–H groups in total. The van der Waals surface area contributed by atoms with Crippen LogP contribution >= 0.6 is 0 Å². The molecule has 0 saturated heterocycles. The molecule has 0 saturated carbocycles. The van der Waals surface area contributed by atoms with E-state index in [1.165, 1.54) is 32.1 Å². The molecule has 62 valence electrons. The van der Waals surface area contributed by atoms with E-state index < -0.39 is 0 Å². The lowest BCUT2D eigenvalue weighted by atomic mass is 10.1. The predicted octanol–water partition coefficient (Wildman–Crippen LogP) is 3.54. The lowest BCUT2D eigenvalue weighted by Crippen LogP contribution is -1.77. The SMILES string of the molecule is C#CCCCCCCCC=C. The Bertz CT molecular complexity index is 116. The van der Waals surface area contributed by atoms with E-state index in [9.17, 15) is 0 Å². The van der Waals surface area contributed by atoms with E-state index in [-0.39, 0.29) is 0 Å². The van der Waals surface area contributed by atoms with Crippen LogP contribution < -0.4 is 0 Å². The van der Waals surface area contributed by atoms with Gasteiger partial charge < -0.3 is 0 Å². The normalized spacial score (nSPS) is 9.00. The predicted molar refractivity (Wildman–Crippen MR) is 51.3 cm³/mol. The first-order chi connectivity index (χ1) is 5.41. The standard InChI is InChI=1S/C11H18/c1-3-5-7-9-11-10-8-6-4-2/h1,4H,2,5-11H2. The summed E-state index contributed by atoms with van der Waals surface area (Å²) in [5.74, 6) is 2.65. The third kappa shape index (κ3) is 9.30. The highest BCUT2D eigenvalue weighted by Crippen LogP contribution is 2.06. The molecule has 0 heterocycles. The topological polar surface area (TPSA) is 0 Å². The average Bonchev–Trinajstić information content (AvgIpc) is 2.03. The third-order valence-electron chi connectivity index (χ3n) is 1.73. The summed E-state index contributed by atoms with van der Waals surface area (Å²) in [5, 5.41) is 0. The smallest absolute Gasteiger partial charge is 0.00860 e. The Morgan fingerprint density at radius 2 is 1.73 bits per heavy atom. The first-order valence-corrected chi connectivity index (χ1v) is 4.46. The molecular formula is C11H18. The molecule has 11 heavy (non-hydrogen) atoms. The Balaban J connectivity index is 2.80.